The van der Waals surface area contributed by atoms with Crippen molar-refractivity contribution in [2.24, 2.45) is 7.05 Å². The lowest BCUT2D eigenvalue weighted by molar-refractivity contribution is 0.0950. The Morgan fingerprint density at radius 3 is 2.88 bits per heavy atom. The van der Waals surface area contributed by atoms with Gasteiger partial charge in [0.2, 0.25) is 0 Å². The molecule has 0 aliphatic rings. The van der Waals surface area contributed by atoms with E-state index in [-0.39, 0.29) is 5.91 Å². The van der Waals surface area contributed by atoms with Crippen molar-refractivity contribution in [2.45, 2.75) is 13.3 Å². The molecule has 1 N–H and O–H groups in total. The van der Waals surface area contributed by atoms with E-state index in [2.05, 4.69) is 10.3 Å². The first-order chi connectivity index (χ1) is 12.2. The summed E-state index contributed by atoms with van der Waals surface area (Å²) >= 11 is 0. The normalized spacial score (nSPS) is 10.6. The number of carbonyl (C=O) groups is 1. The van der Waals surface area contributed by atoms with Gasteiger partial charge in [-0.3, -0.25) is 4.79 Å². The van der Waals surface area contributed by atoms with Gasteiger partial charge >= 0.3 is 0 Å². The number of ether oxygens (including phenoxy) is 1. The molecule has 0 bridgehead atoms. The van der Waals surface area contributed by atoms with Gasteiger partial charge in [-0.15, -0.1) is 0 Å². The Labute approximate surface area is 146 Å². The quantitative estimate of drug-likeness (QED) is 0.718. The van der Waals surface area contributed by atoms with Crippen LogP contribution in [0.3, 0.4) is 0 Å². The van der Waals surface area contributed by atoms with Gasteiger partial charge in [-0.25, -0.2) is 4.98 Å². The Kier molecular flexibility index (Phi) is 5.18. The number of nitrogens with zero attached hydrogens (tertiary/aromatic N) is 2. The van der Waals surface area contributed by atoms with Crippen LogP contribution in [0.25, 0.3) is 11.5 Å². The topological polar surface area (TPSA) is 69.3 Å². The summed E-state index contributed by atoms with van der Waals surface area (Å²) in [4.78, 5) is 16.9. The van der Waals surface area contributed by atoms with Gasteiger partial charge in [-0.2, -0.15) is 0 Å². The first-order valence-electron chi connectivity index (χ1n) is 8.25. The Balaban J connectivity index is 1.61. The van der Waals surface area contributed by atoms with E-state index in [1.807, 2.05) is 49.0 Å². The third kappa shape index (κ3) is 3.91. The Bertz CT molecular complexity index is 837. The van der Waals surface area contributed by atoms with Gasteiger partial charge in [0.1, 0.15) is 17.3 Å². The molecule has 25 heavy (non-hydrogen) atoms. The summed E-state index contributed by atoms with van der Waals surface area (Å²) in [6.45, 7) is 2.90. The number of carbonyl (C=O) groups excluding carboxylic acids is 1. The van der Waals surface area contributed by atoms with Crippen molar-refractivity contribution in [3.05, 3.63) is 60.2 Å². The molecule has 0 saturated heterocycles. The Morgan fingerprint density at radius 1 is 1.28 bits per heavy atom. The first-order valence-corrected chi connectivity index (χ1v) is 8.25. The van der Waals surface area contributed by atoms with Gasteiger partial charge in [0.25, 0.3) is 5.91 Å². The number of rotatable bonds is 7. The Morgan fingerprint density at radius 2 is 2.12 bits per heavy atom. The molecule has 6 heteroatoms. The fourth-order valence-electron chi connectivity index (χ4n) is 2.60. The number of furan rings is 1. The molecule has 0 atom stereocenters. The van der Waals surface area contributed by atoms with Crippen LogP contribution >= 0.6 is 0 Å². The zero-order valence-corrected chi connectivity index (χ0v) is 14.4. The molecule has 2 heterocycles. The second-order valence-corrected chi connectivity index (χ2v) is 5.57. The lowest BCUT2D eigenvalue weighted by Crippen LogP contribution is -2.26. The van der Waals surface area contributed by atoms with E-state index in [9.17, 15) is 4.79 Å². The molecule has 6 nitrogen and oxygen atoms in total. The second-order valence-electron chi connectivity index (χ2n) is 5.57. The average Bonchev–Trinajstić information content (AvgIpc) is 3.26. The first kappa shape index (κ1) is 16.8. The van der Waals surface area contributed by atoms with E-state index < -0.39 is 0 Å². The van der Waals surface area contributed by atoms with E-state index in [0.717, 1.165) is 17.3 Å². The fourth-order valence-corrected chi connectivity index (χ4v) is 2.60. The average molecular weight is 339 g/mol. The summed E-state index contributed by atoms with van der Waals surface area (Å²) in [5, 5.41) is 2.92. The van der Waals surface area contributed by atoms with Crippen LogP contribution in [0, 0.1) is 0 Å². The number of aromatic nitrogens is 2. The van der Waals surface area contributed by atoms with E-state index in [4.69, 9.17) is 9.15 Å². The molecule has 0 aliphatic heterocycles. The van der Waals surface area contributed by atoms with Crippen molar-refractivity contribution in [1.82, 2.24) is 14.9 Å². The molecule has 0 radical (unpaired) electrons. The molecule has 0 saturated carbocycles. The van der Waals surface area contributed by atoms with Crippen molar-refractivity contribution < 1.29 is 13.9 Å². The fraction of sp³-hybridized carbons (Fsp3) is 0.263. The molecule has 0 fully saturated rings. The number of para-hydroxylation sites is 1. The van der Waals surface area contributed by atoms with Crippen molar-refractivity contribution in [2.75, 3.05) is 13.2 Å². The van der Waals surface area contributed by atoms with Gasteiger partial charge in [0, 0.05) is 26.2 Å². The molecule has 3 rings (SSSR count). The van der Waals surface area contributed by atoms with Crippen LogP contribution in [-0.4, -0.2) is 28.6 Å². The number of benzene rings is 1. The third-order valence-electron chi connectivity index (χ3n) is 3.81. The highest BCUT2D eigenvalue weighted by Gasteiger charge is 2.13. The van der Waals surface area contributed by atoms with Crippen molar-refractivity contribution in [3.63, 3.8) is 0 Å². The molecule has 0 unspecified atom stereocenters. The van der Waals surface area contributed by atoms with E-state index in [1.54, 1.807) is 18.4 Å². The van der Waals surface area contributed by atoms with E-state index in [0.29, 0.717) is 30.9 Å². The minimum absolute atomic E-state index is 0.149. The lowest BCUT2D eigenvalue weighted by atomic mass is 10.2. The zero-order valence-electron chi connectivity index (χ0n) is 14.4. The molecule has 1 amide bonds. The van der Waals surface area contributed by atoms with Crippen molar-refractivity contribution >= 4 is 5.91 Å². The van der Waals surface area contributed by atoms with E-state index in [1.165, 1.54) is 0 Å². The van der Waals surface area contributed by atoms with Crippen LogP contribution in [0.4, 0.5) is 0 Å². The predicted octanol–water partition coefficient (Wildman–Crippen LogP) is 3.05. The number of aryl methyl sites for hydroxylation is 1. The van der Waals surface area contributed by atoms with Crippen LogP contribution in [0.2, 0.25) is 0 Å². The summed E-state index contributed by atoms with van der Waals surface area (Å²) in [5.74, 6) is 2.06. The maximum Gasteiger partial charge on any atom is 0.255 e. The van der Waals surface area contributed by atoms with Crippen molar-refractivity contribution in [1.29, 1.82) is 0 Å². The molecule has 0 spiro atoms. The zero-order chi connectivity index (χ0) is 17.6. The molecule has 0 aliphatic carbocycles. The van der Waals surface area contributed by atoms with Gasteiger partial charge in [-0.1, -0.05) is 12.1 Å². The number of imidazole rings is 1. The maximum atomic E-state index is 12.4. The molecule has 1 aromatic carbocycles. The molecule has 3 aromatic rings. The van der Waals surface area contributed by atoms with Crippen LogP contribution in [0.15, 0.2) is 53.3 Å². The number of hydrogen-bond acceptors (Lipinski definition) is 4. The number of hydrogen-bond donors (Lipinski definition) is 1. The minimum atomic E-state index is -0.149. The largest absolute Gasteiger partial charge is 0.493 e. The third-order valence-corrected chi connectivity index (χ3v) is 3.81. The number of nitrogens with one attached hydrogen (secondary N) is 1. The van der Waals surface area contributed by atoms with E-state index >= 15 is 0 Å². The maximum absolute atomic E-state index is 12.4. The molecule has 2 aromatic heterocycles. The SMILES string of the molecule is CCOc1ccccc1C(=O)NCCc1nc(-c2ccco2)cn1C. The molecular weight excluding hydrogens is 318 g/mol. The minimum Gasteiger partial charge on any atom is -0.493 e. The highest BCUT2D eigenvalue weighted by atomic mass is 16.5. The summed E-state index contributed by atoms with van der Waals surface area (Å²) < 4.78 is 12.8. The summed E-state index contributed by atoms with van der Waals surface area (Å²) in [7, 11) is 1.93. The number of amides is 1. The van der Waals surface area contributed by atoms with Crippen molar-refractivity contribution in [3.8, 4) is 17.2 Å². The summed E-state index contributed by atoms with van der Waals surface area (Å²) in [6.07, 6.45) is 4.17. The summed E-state index contributed by atoms with van der Waals surface area (Å²) in [6, 6.07) is 10.9. The monoisotopic (exact) mass is 339 g/mol. The van der Waals surface area contributed by atoms with Crippen LogP contribution in [-0.2, 0) is 13.5 Å². The lowest BCUT2D eigenvalue weighted by Gasteiger charge is -2.10. The summed E-state index contributed by atoms with van der Waals surface area (Å²) in [5.41, 5.74) is 1.33. The van der Waals surface area contributed by atoms with Crippen LogP contribution < -0.4 is 10.1 Å². The highest BCUT2D eigenvalue weighted by Crippen LogP contribution is 2.19. The van der Waals surface area contributed by atoms with Gasteiger partial charge in [0.15, 0.2) is 5.76 Å². The molecule has 130 valence electrons. The van der Waals surface area contributed by atoms with Gasteiger partial charge in [0.05, 0.1) is 18.4 Å². The smallest absolute Gasteiger partial charge is 0.255 e. The van der Waals surface area contributed by atoms with Crippen LogP contribution in [0.5, 0.6) is 5.75 Å². The van der Waals surface area contributed by atoms with Crippen LogP contribution in [0.1, 0.15) is 23.1 Å². The standard InChI is InChI=1S/C19H21N3O3/c1-3-24-16-8-5-4-7-14(16)19(23)20-11-10-18-21-15(13-22(18)2)17-9-6-12-25-17/h4-9,12-13H,3,10-11H2,1-2H3,(H,20,23). The molecular formula is C19H21N3O3. The predicted molar refractivity (Wildman–Crippen MR) is 94.6 cm³/mol. The Hall–Kier alpha value is -3.02. The van der Waals surface area contributed by atoms with Gasteiger partial charge in [-0.05, 0) is 31.2 Å². The van der Waals surface area contributed by atoms with Gasteiger partial charge < -0.3 is 19.0 Å². The highest BCUT2D eigenvalue weighted by molar-refractivity contribution is 5.96. The second kappa shape index (κ2) is 7.70.